The van der Waals surface area contributed by atoms with Crippen molar-refractivity contribution in [3.05, 3.63) is 47.8 Å². The maximum absolute atomic E-state index is 13.5. The van der Waals surface area contributed by atoms with E-state index < -0.39 is 0 Å². The van der Waals surface area contributed by atoms with Gasteiger partial charge in [0.05, 0.1) is 24.8 Å². The van der Waals surface area contributed by atoms with Gasteiger partial charge in [0, 0.05) is 44.9 Å². The number of carbonyl (C=O) groups is 2. The van der Waals surface area contributed by atoms with Gasteiger partial charge in [0.15, 0.2) is 0 Å². The highest BCUT2D eigenvalue weighted by atomic mass is 16.5. The van der Waals surface area contributed by atoms with Crippen LogP contribution in [0.15, 0.2) is 36.5 Å². The Morgan fingerprint density at radius 2 is 1.89 bits per heavy atom. The molecule has 2 aromatic rings. The second-order valence-electron chi connectivity index (χ2n) is 10.2. The molecule has 4 heterocycles. The average Bonchev–Trinajstić information content (AvgIpc) is 3.53. The molecule has 0 aliphatic carbocycles. The third-order valence-electron chi connectivity index (χ3n) is 8.00. The molecule has 2 amide bonds. The van der Waals surface area contributed by atoms with Gasteiger partial charge in [-0.1, -0.05) is 18.6 Å². The number of hydrogen-bond acceptors (Lipinski definition) is 5. The standard InChI is InChI=1S/C27H36N4O4/c1-29-23(10-14-28-29)26(33)30-16-12-27(13-17-30)11-4-5-18-34-19-21-7-6-15-31(21)25(32)22-8-2-3-9-24(22)35-20-27/h2-3,8-10,14,21H,4-7,11-13,15-20H2,1H3/t21-/m0/s1. The molecule has 8 heteroatoms. The van der Waals surface area contributed by atoms with Crippen LogP contribution in [0.3, 0.4) is 0 Å². The molecule has 2 fully saturated rings. The Hall–Kier alpha value is -2.87. The first-order valence-corrected chi connectivity index (χ1v) is 12.9. The molecular weight excluding hydrogens is 444 g/mol. The van der Waals surface area contributed by atoms with Crippen LogP contribution in [0.5, 0.6) is 5.75 Å². The van der Waals surface area contributed by atoms with Crippen LogP contribution in [0.2, 0.25) is 0 Å². The number of benzene rings is 1. The van der Waals surface area contributed by atoms with Crippen LogP contribution in [0.25, 0.3) is 0 Å². The topological polar surface area (TPSA) is 76.9 Å². The van der Waals surface area contributed by atoms with Gasteiger partial charge in [-0.05, 0) is 56.7 Å². The lowest BCUT2D eigenvalue weighted by atomic mass is 9.75. The molecule has 3 aliphatic rings. The Morgan fingerprint density at radius 3 is 2.69 bits per heavy atom. The SMILES string of the molecule is Cn1nccc1C(=O)N1CCC2(CCCCOC[C@@H]3CCCN3C(=O)c3ccccc3OC2)CC1. The fourth-order valence-corrected chi connectivity index (χ4v) is 5.75. The van der Waals surface area contributed by atoms with E-state index in [1.165, 1.54) is 0 Å². The van der Waals surface area contributed by atoms with Crippen LogP contribution in [-0.4, -0.2) is 76.9 Å². The quantitative estimate of drug-likeness (QED) is 0.624. The number of likely N-dealkylation sites (tertiary alicyclic amines) is 1. The molecule has 0 bridgehead atoms. The second-order valence-corrected chi connectivity index (χ2v) is 10.2. The summed E-state index contributed by atoms with van der Waals surface area (Å²) in [5, 5.41) is 4.14. The average molecular weight is 481 g/mol. The van der Waals surface area contributed by atoms with Gasteiger partial charge in [0.25, 0.3) is 11.8 Å². The van der Waals surface area contributed by atoms with E-state index in [2.05, 4.69) is 5.10 Å². The highest BCUT2D eigenvalue weighted by Crippen LogP contribution is 2.38. The van der Waals surface area contributed by atoms with Crippen molar-refractivity contribution in [3.63, 3.8) is 0 Å². The molecule has 1 aromatic carbocycles. The van der Waals surface area contributed by atoms with Gasteiger partial charge in [-0.2, -0.15) is 5.10 Å². The van der Waals surface area contributed by atoms with E-state index in [-0.39, 0.29) is 23.3 Å². The van der Waals surface area contributed by atoms with E-state index in [1.807, 2.05) is 34.1 Å². The number of para-hydroxylation sites is 1. The second kappa shape index (κ2) is 10.4. The lowest BCUT2D eigenvalue weighted by Gasteiger charge is -2.42. The Bertz CT molecular complexity index is 1040. The summed E-state index contributed by atoms with van der Waals surface area (Å²) >= 11 is 0. The predicted molar refractivity (Wildman–Crippen MR) is 131 cm³/mol. The van der Waals surface area contributed by atoms with E-state index in [0.29, 0.717) is 43.3 Å². The number of aromatic nitrogens is 2. The summed E-state index contributed by atoms with van der Waals surface area (Å²) in [5.74, 6) is 0.731. The van der Waals surface area contributed by atoms with Crippen molar-refractivity contribution in [2.24, 2.45) is 12.5 Å². The minimum Gasteiger partial charge on any atom is -0.492 e. The molecule has 3 aliphatic heterocycles. The van der Waals surface area contributed by atoms with Gasteiger partial charge in [-0.25, -0.2) is 0 Å². The molecule has 8 nitrogen and oxygen atoms in total. The number of rotatable bonds is 1. The van der Waals surface area contributed by atoms with E-state index in [9.17, 15) is 9.59 Å². The molecule has 2 saturated heterocycles. The lowest BCUT2D eigenvalue weighted by molar-refractivity contribution is 0.0298. The van der Waals surface area contributed by atoms with Gasteiger partial charge in [0.2, 0.25) is 0 Å². The van der Waals surface area contributed by atoms with Crippen molar-refractivity contribution < 1.29 is 19.1 Å². The molecular formula is C27H36N4O4. The number of aryl methyl sites for hydroxylation is 1. The van der Waals surface area contributed by atoms with Gasteiger partial charge in [0.1, 0.15) is 11.4 Å². The maximum Gasteiger partial charge on any atom is 0.272 e. The van der Waals surface area contributed by atoms with Crippen molar-refractivity contribution >= 4 is 11.8 Å². The fraction of sp³-hybridized carbons (Fsp3) is 0.593. The first kappa shape index (κ1) is 23.9. The number of carbonyl (C=O) groups excluding carboxylic acids is 2. The first-order valence-electron chi connectivity index (χ1n) is 12.9. The van der Waals surface area contributed by atoms with E-state index in [1.54, 1.807) is 24.0 Å². The minimum absolute atomic E-state index is 0.0281. The molecule has 1 aromatic heterocycles. The molecule has 5 rings (SSSR count). The number of piperidine rings is 1. The van der Waals surface area contributed by atoms with Gasteiger partial charge < -0.3 is 19.3 Å². The zero-order valence-corrected chi connectivity index (χ0v) is 20.7. The number of amides is 2. The highest BCUT2D eigenvalue weighted by molar-refractivity contribution is 5.97. The summed E-state index contributed by atoms with van der Waals surface area (Å²) in [7, 11) is 1.80. The molecule has 1 atom stereocenters. The first-order chi connectivity index (χ1) is 17.1. The van der Waals surface area contributed by atoms with Crippen molar-refractivity contribution in [3.8, 4) is 5.75 Å². The Kier molecular flexibility index (Phi) is 7.09. The summed E-state index contributed by atoms with van der Waals surface area (Å²) in [6, 6.07) is 9.55. The van der Waals surface area contributed by atoms with Gasteiger partial charge in [-0.3, -0.25) is 14.3 Å². The summed E-state index contributed by atoms with van der Waals surface area (Å²) in [5.41, 5.74) is 1.23. The predicted octanol–water partition coefficient (Wildman–Crippen LogP) is 3.53. The largest absolute Gasteiger partial charge is 0.492 e. The van der Waals surface area contributed by atoms with Gasteiger partial charge >= 0.3 is 0 Å². The number of hydrogen-bond donors (Lipinski definition) is 0. The summed E-state index contributed by atoms with van der Waals surface area (Å²) in [6.07, 6.45) is 8.51. The normalized spacial score (nSPS) is 23.3. The Balaban J connectivity index is 1.33. The number of nitrogens with zero attached hydrogens (tertiary/aromatic N) is 4. The van der Waals surface area contributed by atoms with Crippen LogP contribution >= 0.6 is 0 Å². The zero-order chi connectivity index (χ0) is 24.3. The van der Waals surface area contributed by atoms with Crippen LogP contribution in [-0.2, 0) is 11.8 Å². The van der Waals surface area contributed by atoms with Crippen LogP contribution in [0.1, 0.15) is 65.8 Å². The van der Waals surface area contributed by atoms with Crippen LogP contribution in [0, 0.1) is 5.41 Å². The Labute approximate surface area is 207 Å². The zero-order valence-electron chi connectivity index (χ0n) is 20.7. The highest BCUT2D eigenvalue weighted by Gasteiger charge is 2.38. The Morgan fingerprint density at radius 1 is 1.06 bits per heavy atom. The van der Waals surface area contributed by atoms with Crippen molar-refractivity contribution in [2.45, 2.75) is 51.0 Å². The maximum atomic E-state index is 13.5. The molecule has 0 radical (unpaired) electrons. The van der Waals surface area contributed by atoms with Crippen molar-refractivity contribution in [2.75, 3.05) is 39.5 Å². The van der Waals surface area contributed by atoms with Crippen LogP contribution < -0.4 is 4.74 Å². The number of fused-ring (bicyclic) bond motifs is 2. The lowest BCUT2D eigenvalue weighted by Crippen LogP contribution is -2.46. The van der Waals surface area contributed by atoms with E-state index >= 15 is 0 Å². The summed E-state index contributed by atoms with van der Waals surface area (Å²) in [4.78, 5) is 30.3. The molecule has 0 saturated carbocycles. The van der Waals surface area contributed by atoms with Gasteiger partial charge in [-0.15, -0.1) is 0 Å². The summed E-state index contributed by atoms with van der Waals surface area (Å²) < 4.78 is 14.1. The van der Waals surface area contributed by atoms with Crippen LogP contribution in [0.4, 0.5) is 0 Å². The van der Waals surface area contributed by atoms with E-state index in [4.69, 9.17) is 9.47 Å². The minimum atomic E-state index is -0.0281. The monoisotopic (exact) mass is 480 g/mol. The van der Waals surface area contributed by atoms with Crippen molar-refractivity contribution in [1.29, 1.82) is 0 Å². The van der Waals surface area contributed by atoms with E-state index in [0.717, 1.165) is 58.1 Å². The molecule has 1 spiro atoms. The van der Waals surface area contributed by atoms with Crippen molar-refractivity contribution in [1.82, 2.24) is 19.6 Å². The molecule has 188 valence electrons. The molecule has 0 unspecified atom stereocenters. The number of ether oxygens (including phenoxy) is 2. The fourth-order valence-electron chi connectivity index (χ4n) is 5.75. The summed E-state index contributed by atoms with van der Waals surface area (Å²) in [6.45, 7) is 4.03. The third-order valence-corrected chi connectivity index (χ3v) is 8.00. The molecule has 0 N–H and O–H groups in total. The molecule has 35 heavy (non-hydrogen) atoms. The smallest absolute Gasteiger partial charge is 0.272 e. The third kappa shape index (κ3) is 5.08.